The molecule has 4 atom stereocenters. The smallest absolute Gasteiger partial charge is 0.333 e. The summed E-state index contributed by atoms with van der Waals surface area (Å²) in [6, 6.07) is 8.35. The molecule has 47 heavy (non-hydrogen) atoms. The van der Waals surface area contributed by atoms with Crippen LogP contribution in [0, 0.1) is 11.8 Å². The van der Waals surface area contributed by atoms with Gasteiger partial charge in [0.15, 0.2) is 9.84 Å². The number of rotatable bonds is 14. The van der Waals surface area contributed by atoms with E-state index in [0.29, 0.717) is 36.7 Å². The largest absolute Gasteiger partial charge is 0.384 e. The van der Waals surface area contributed by atoms with Gasteiger partial charge >= 0.3 is 6.03 Å². The zero-order valence-corrected chi connectivity index (χ0v) is 28.2. The molecule has 0 aliphatic heterocycles. The third-order valence-electron chi connectivity index (χ3n) is 9.80. The number of nitrogens with zero attached hydrogens (tertiary/aromatic N) is 3. The Morgan fingerprint density at radius 3 is 2.38 bits per heavy atom. The normalized spacial score (nSPS) is 19.1. The number of imide groups is 1. The summed E-state index contributed by atoms with van der Waals surface area (Å²) in [7, 11) is -3.52. The van der Waals surface area contributed by atoms with Crippen molar-refractivity contribution in [1.82, 2.24) is 30.2 Å². The van der Waals surface area contributed by atoms with Gasteiger partial charge in [0, 0.05) is 37.1 Å². The second kappa shape index (κ2) is 16.7. The van der Waals surface area contributed by atoms with E-state index in [1.165, 1.54) is 30.2 Å². The summed E-state index contributed by atoms with van der Waals surface area (Å²) in [6.07, 6.45) is 17.1. The molecule has 2 saturated carbocycles. The van der Waals surface area contributed by atoms with Gasteiger partial charge in [-0.05, 0) is 44.1 Å². The molecule has 0 saturated heterocycles. The number of aliphatic hydroxyl groups is 1. The van der Waals surface area contributed by atoms with Gasteiger partial charge < -0.3 is 15.4 Å². The Morgan fingerprint density at radius 2 is 1.70 bits per heavy atom. The van der Waals surface area contributed by atoms with Gasteiger partial charge in [0.05, 0.1) is 22.6 Å². The molecule has 4 N–H and O–H groups in total. The molecule has 0 radical (unpaired) electrons. The minimum Gasteiger partial charge on any atom is -0.384 e. The number of H-pyrrole nitrogens is 1. The molecular weight excluding hydrogens is 616 g/mol. The van der Waals surface area contributed by atoms with Crippen LogP contribution < -0.4 is 10.6 Å². The summed E-state index contributed by atoms with van der Waals surface area (Å²) < 4.78 is 27.9. The zero-order valence-electron chi connectivity index (χ0n) is 27.4. The Morgan fingerprint density at radius 1 is 1.00 bits per heavy atom. The van der Waals surface area contributed by atoms with E-state index in [9.17, 15) is 23.1 Å². The van der Waals surface area contributed by atoms with Crippen LogP contribution in [0.25, 0.3) is 0 Å². The van der Waals surface area contributed by atoms with E-state index in [1.807, 2.05) is 37.3 Å². The number of carbonyl (C=O) groups is 2. The molecule has 5 rings (SSSR count). The minimum absolute atomic E-state index is 0.0681. The van der Waals surface area contributed by atoms with Crippen molar-refractivity contribution >= 4 is 21.8 Å². The van der Waals surface area contributed by atoms with E-state index in [0.717, 1.165) is 44.1 Å². The molecule has 0 bridgehead atoms. The molecule has 3 aromatic rings. The van der Waals surface area contributed by atoms with Crippen molar-refractivity contribution in [2.24, 2.45) is 11.8 Å². The molecule has 2 aliphatic carbocycles. The summed E-state index contributed by atoms with van der Waals surface area (Å²) >= 11 is 0. The van der Waals surface area contributed by atoms with Crippen molar-refractivity contribution in [3.05, 3.63) is 72.3 Å². The van der Waals surface area contributed by atoms with E-state index in [2.05, 4.69) is 25.6 Å². The van der Waals surface area contributed by atoms with Crippen molar-refractivity contribution < 1.29 is 23.1 Å². The lowest BCUT2D eigenvalue weighted by Gasteiger charge is -2.31. The summed E-state index contributed by atoms with van der Waals surface area (Å²) in [6.45, 7) is 2.02. The van der Waals surface area contributed by atoms with Gasteiger partial charge in [-0.25, -0.2) is 23.2 Å². The highest BCUT2D eigenvalue weighted by atomic mass is 32.2. The third kappa shape index (κ3) is 10.1. The standard InChI is InChI=1S/C35H50N6O5S/c1-25(39-31(21-27-13-7-3-8-14-27)32(42)33-36-17-18-37-33)19-29-22-41(24-38-29)35(44)40-34(43)28(20-26-11-5-2-6-12-26)23-47(45,46)30-15-9-4-10-16-30/h2,5-6,11-12,17-18,22,24-25,27-28,30-32,39,42H,3-4,7-10,13-16,19-21,23H2,1H3,(H,36,37)(H,40,43,44)/t25-,28?,31+,32-/m1/s1. The molecule has 2 aliphatic rings. The number of sulfone groups is 1. The molecule has 11 nitrogen and oxygen atoms in total. The topological polar surface area (TPSA) is 159 Å². The summed E-state index contributed by atoms with van der Waals surface area (Å²) in [4.78, 5) is 38.4. The van der Waals surface area contributed by atoms with Crippen molar-refractivity contribution in [1.29, 1.82) is 0 Å². The van der Waals surface area contributed by atoms with Crippen LogP contribution in [0.4, 0.5) is 4.79 Å². The predicted molar refractivity (Wildman–Crippen MR) is 180 cm³/mol. The quantitative estimate of drug-likeness (QED) is 0.189. The molecule has 2 fully saturated rings. The number of hydrogen-bond acceptors (Lipinski definition) is 8. The number of amides is 2. The van der Waals surface area contributed by atoms with Crippen molar-refractivity contribution in [2.45, 2.75) is 114 Å². The van der Waals surface area contributed by atoms with Crippen LogP contribution in [-0.2, 0) is 27.5 Å². The van der Waals surface area contributed by atoms with E-state index in [-0.39, 0.29) is 24.3 Å². The number of aromatic nitrogens is 4. The van der Waals surface area contributed by atoms with E-state index >= 15 is 0 Å². The van der Waals surface area contributed by atoms with Gasteiger partial charge in [-0.3, -0.25) is 14.7 Å². The lowest BCUT2D eigenvalue weighted by atomic mass is 9.83. The van der Waals surface area contributed by atoms with Crippen molar-refractivity contribution in [3.63, 3.8) is 0 Å². The molecule has 2 amide bonds. The van der Waals surface area contributed by atoms with Crippen LogP contribution in [0.3, 0.4) is 0 Å². The molecule has 2 heterocycles. The van der Waals surface area contributed by atoms with Gasteiger partial charge in [0.1, 0.15) is 18.3 Å². The van der Waals surface area contributed by atoms with Crippen LogP contribution in [0.1, 0.15) is 101 Å². The summed E-state index contributed by atoms with van der Waals surface area (Å²) in [5.41, 5.74) is 1.49. The van der Waals surface area contributed by atoms with Gasteiger partial charge in [0.25, 0.3) is 0 Å². The first-order valence-corrected chi connectivity index (χ1v) is 19.0. The van der Waals surface area contributed by atoms with Gasteiger partial charge in [0.2, 0.25) is 5.91 Å². The maximum Gasteiger partial charge on any atom is 0.333 e. The fraction of sp³-hybridized carbons (Fsp3) is 0.600. The molecule has 1 unspecified atom stereocenters. The Balaban J connectivity index is 1.21. The SMILES string of the molecule is C[C@H](Cc1cn(C(=O)NC(=O)C(Cc2ccccc2)CS(=O)(=O)C2CCCCC2)cn1)N[C@@H](CC1CCCCC1)[C@@H](O)c1ncc[nH]1. The van der Waals surface area contributed by atoms with Gasteiger partial charge in [-0.1, -0.05) is 81.7 Å². The number of aliphatic hydroxyl groups excluding tert-OH is 1. The molecular formula is C35H50N6O5S. The zero-order chi connectivity index (χ0) is 33.2. The lowest BCUT2D eigenvalue weighted by Crippen LogP contribution is -2.43. The van der Waals surface area contributed by atoms with Crippen molar-refractivity contribution in [2.75, 3.05) is 5.75 Å². The number of carbonyl (C=O) groups excluding carboxylic acids is 2. The Bertz CT molecular complexity index is 1510. The fourth-order valence-electron chi connectivity index (χ4n) is 7.26. The van der Waals surface area contributed by atoms with Crippen LogP contribution in [0.5, 0.6) is 0 Å². The number of nitrogens with one attached hydrogen (secondary N) is 3. The van der Waals surface area contributed by atoms with E-state index < -0.39 is 39.0 Å². The Kier molecular flexibility index (Phi) is 12.4. The van der Waals surface area contributed by atoms with Crippen molar-refractivity contribution in [3.8, 4) is 0 Å². The number of aromatic amines is 1. The maximum atomic E-state index is 13.5. The lowest BCUT2D eigenvalue weighted by molar-refractivity contribution is -0.123. The van der Waals surface area contributed by atoms with Gasteiger partial charge in [-0.15, -0.1) is 0 Å². The van der Waals surface area contributed by atoms with Crippen LogP contribution in [0.2, 0.25) is 0 Å². The molecule has 256 valence electrons. The third-order valence-corrected chi connectivity index (χ3v) is 12.2. The Labute approximate surface area is 278 Å². The van der Waals surface area contributed by atoms with Gasteiger partial charge in [-0.2, -0.15) is 0 Å². The average molecular weight is 667 g/mol. The van der Waals surface area contributed by atoms with Crippen LogP contribution in [0.15, 0.2) is 55.2 Å². The monoisotopic (exact) mass is 666 g/mol. The first-order valence-electron chi connectivity index (χ1n) is 17.2. The molecule has 2 aromatic heterocycles. The number of hydrogen-bond donors (Lipinski definition) is 4. The molecule has 12 heteroatoms. The molecule has 0 spiro atoms. The molecule has 1 aromatic carbocycles. The summed E-state index contributed by atoms with van der Waals surface area (Å²) in [5.74, 6) is -0.728. The Hall–Kier alpha value is -3.35. The van der Waals surface area contributed by atoms with Crippen LogP contribution >= 0.6 is 0 Å². The highest BCUT2D eigenvalue weighted by molar-refractivity contribution is 7.92. The number of benzene rings is 1. The first kappa shape index (κ1) is 35.0. The first-order chi connectivity index (χ1) is 22.7. The highest BCUT2D eigenvalue weighted by Crippen LogP contribution is 2.31. The second-order valence-electron chi connectivity index (χ2n) is 13.6. The number of imidazole rings is 2. The maximum absolute atomic E-state index is 13.5. The second-order valence-corrected chi connectivity index (χ2v) is 15.9. The van der Waals surface area contributed by atoms with E-state index in [1.54, 1.807) is 18.6 Å². The minimum atomic E-state index is -3.52. The highest BCUT2D eigenvalue weighted by Gasteiger charge is 2.34. The fourth-order valence-corrected chi connectivity index (χ4v) is 9.41. The van der Waals surface area contributed by atoms with Crippen LogP contribution in [-0.4, -0.2) is 68.1 Å². The van der Waals surface area contributed by atoms with E-state index in [4.69, 9.17) is 0 Å². The predicted octanol–water partition coefficient (Wildman–Crippen LogP) is 4.89. The summed E-state index contributed by atoms with van der Waals surface area (Å²) in [5, 5.41) is 16.7. The average Bonchev–Trinajstić information content (AvgIpc) is 3.78.